The third-order valence-corrected chi connectivity index (χ3v) is 3.06. The van der Waals surface area contributed by atoms with E-state index in [0.717, 1.165) is 11.7 Å². The van der Waals surface area contributed by atoms with Crippen molar-refractivity contribution in [2.75, 3.05) is 24.4 Å². The Morgan fingerprint density at radius 3 is 2.87 bits per heavy atom. The standard InChI is InChI=1S/C10H15ClN2OS/c1-7(2)5-13(3)10-12-8(6-15-10)9(14)4-11/h6-7H,4-5H2,1-3H3. The van der Waals surface area contributed by atoms with Crippen molar-refractivity contribution in [1.29, 1.82) is 0 Å². The molecule has 0 aliphatic carbocycles. The molecule has 0 aliphatic rings. The molecular formula is C10H15ClN2OS. The van der Waals surface area contributed by atoms with Gasteiger partial charge in [-0.15, -0.1) is 22.9 Å². The van der Waals surface area contributed by atoms with Gasteiger partial charge in [0.25, 0.3) is 0 Å². The number of Topliss-reactive ketones (excluding diaryl/α,β-unsaturated/α-hetero) is 1. The summed E-state index contributed by atoms with van der Waals surface area (Å²) in [7, 11) is 1.98. The summed E-state index contributed by atoms with van der Waals surface area (Å²) >= 11 is 6.94. The molecule has 1 rings (SSSR count). The molecule has 84 valence electrons. The van der Waals surface area contributed by atoms with E-state index in [0.29, 0.717) is 11.6 Å². The van der Waals surface area contributed by atoms with E-state index in [4.69, 9.17) is 11.6 Å². The van der Waals surface area contributed by atoms with E-state index >= 15 is 0 Å². The second-order valence-corrected chi connectivity index (χ2v) is 4.95. The highest BCUT2D eigenvalue weighted by Crippen LogP contribution is 2.20. The van der Waals surface area contributed by atoms with E-state index in [2.05, 4.69) is 23.7 Å². The number of carbonyl (C=O) groups excluding carboxylic acids is 1. The van der Waals surface area contributed by atoms with Crippen LogP contribution < -0.4 is 4.90 Å². The van der Waals surface area contributed by atoms with Crippen LogP contribution in [0.15, 0.2) is 5.38 Å². The van der Waals surface area contributed by atoms with Crippen LogP contribution in [0, 0.1) is 5.92 Å². The molecule has 0 radical (unpaired) electrons. The minimum absolute atomic E-state index is 0.00291. The van der Waals surface area contributed by atoms with Gasteiger partial charge in [-0.2, -0.15) is 0 Å². The highest BCUT2D eigenvalue weighted by molar-refractivity contribution is 7.13. The fourth-order valence-corrected chi connectivity index (χ4v) is 2.21. The third-order valence-electron chi connectivity index (χ3n) is 1.86. The average molecular weight is 247 g/mol. The van der Waals surface area contributed by atoms with Crippen molar-refractivity contribution < 1.29 is 4.79 Å². The smallest absolute Gasteiger partial charge is 0.196 e. The van der Waals surface area contributed by atoms with Crippen LogP contribution >= 0.6 is 22.9 Å². The fraction of sp³-hybridized carbons (Fsp3) is 0.600. The number of carbonyl (C=O) groups is 1. The molecule has 3 nitrogen and oxygen atoms in total. The highest BCUT2D eigenvalue weighted by atomic mass is 35.5. The van der Waals surface area contributed by atoms with Gasteiger partial charge in [0.15, 0.2) is 10.9 Å². The van der Waals surface area contributed by atoms with Crippen LogP contribution in [-0.4, -0.2) is 30.2 Å². The Labute approximate surface area is 99.1 Å². The zero-order valence-electron chi connectivity index (χ0n) is 9.16. The topological polar surface area (TPSA) is 33.2 Å². The van der Waals surface area contributed by atoms with Gasteiger partial charge in [-0.1, -0.05) is 13.8 Å². The zero-order chi connectivity index (χ0) is 11.4. The van der Waals surface area contributed by atoms with Gasteiger partial charge >= 0.3 is 0 Å². The van der Waals surface area contributed by atoms with Gasteiger partial charge in [-0.3, -0.25) is 4.79 Å². The first kappa shape index (κ1) is 12.5. The van der Waals surface area contributed by atoms with Gasteiger partial charge in [0.2, 0.25) is 0 Å². The number of thiazole rings is 1. The van der Waals surface area contributed by atoms with Crippen molar-refractivity contribution in [2.45, 2.75) is 13.8 Å². The molecule has 0 aromatic carbocycles. The van der Waals surface area contributed by atoms with Crippen molar-refractivity contribution >= 4 is 33.9 Å². The largest absolute Gasteiger partial charge is 0.351 e. The molecule has 0 spiro atoms. The minimum Gasteiger partial charge on any atom is -0.351 e. The predicted octanol–water partition coefficient (Wildman–Crippen LogP) is 2.66. The summed E-state index contributed by atoms with van der Waals surface area (Å²) in [5.41, 5.74) is 0.473. The van der Waals surface area contributed by atoms with Gasteiger partial charge in [0.05, 0.1) is 5.88 Å². The van der Waals surface area contributed by atoms with E-state index in [1.807, 2.05) is 7.05 Å². The molecule has 0 amide bonds. The number of aromatic nitrogens is 1. The first-order chi connectivity index (χ1) is 7.04. The zero-order valence-corrected chi connectivity index (χ0v) is 10.7. The third kappa shape index (κ3) is 3.47. The lowest BCUT2D eigenvalue weighted by Crippen LogP contribution is -2.22. The van der Waals surface area contributed by atoms with Gasteiger partial charge in [-0.25, -0.2) is 4.98 Å². The summed E-state index contributed by atoms with van der Waals surface area (Å²) in [6.45, 7) is 5.23. The maximum Gasteiger partial charge on any atom is 0.196 e. The van der Waals surface area contributed by atoms with Crippen LogP contribution in [0.5, 0.6) is 0 Å². The maximum atomic E-state index is 11.3. The van der Waals surface area contributed by atoms with E-state index in [9.17, 15) is 4.79 Å². The van der Waals surface area contributed by atoms with Crippen LogP contribution in [0.25, 0.3) is 0 Å². The Balaban J connectivity index is 2.71. The average Bonchev–Trinajstić information content (AvgIpc) is 2.64. The van der Waals surface area contributed by atoms with E-state index in [-0.39, 0.29) is 11.7 Å². The normalized spacial score (nSPS) is 10.7. The summed E-state index contributed by atoms with van der Waals surface area (Å²) < 4.78 is 0. The molecule has 15 heavy (non-hydrogen) atoms. The van der Waals surface area contributed by atoms with Crippen molar-refractivity contribution in [3.8, 4) is 0 Å². The maximum absolute atomic E-state index is 11.3. The van der Waals surface area contributed by atoms with Crippen molar-refractivity contribution in [3.05, 3.63) is 11.1 Å². The number of hydrogen-bond acceptors (Lipinski definition) is 4. The number of ketones is 1. The monoisotopic (exact) mass is 246 g/mol. The Kier molecular flexibility index (Phi) is 4.54. The van der Waals surface area contributed by atoms with Gasteiger partial charge < -0.3 is 4.90 Å². The highest BCUT2D eigenvalue weighted by Gasteiger charge is 2.12. The molecule has 0 saturated carbocycles. The van der Waals surface area contributed by atoms with Crippen molar-refractivity contribution in [1.82, 2.24) is 4.98 Å². The lowest BCUT2D eigenvalue weighted by Gasteiger charge is -2.17. The minimum atomic E-state index is -0.114. The Bertz CT molecular complexity index is 338. The molecule has 0 bridgehead atoms. The van der Waals surface area contributed by atoms with Crippen LogP contribution in [0.2, 0.25) is 0 Å². The number of alkyl halides is 1. The Morgan fingerprint density at radius 2 is 2.33 bits per heavy atom. The molecule has 1 aromatic heterocycles. The number of rotatable bonds is 5. The van der Waals surface area contributed by atoms with Crippen LogP contribution in [0.4, 0.5) is 5.13 Å². The second kappa shape index (κ2) is 5.47. The molecule has 1 aromatic rings. The quantitative estimate of drug-likeness (QED) is 0.592. The Morgan fingerprint density at radius 1 is 1.67 bits per heavy atom. The summed E-state index contributed by atoms with van der Waals surface area (Å²) in [5, 5.41) is 2.63. The van der Waals surface area contributed by atoms with Gasteiger partial charge in [0, 0.05) is 19.0 Å². The number of halogens is 1. The second-order valence-electron chi connectivity index (χ2n) is 3.85. The lowest BCUT2D eigenvalue weighted by atomic mass is 10.2. The van der Waals surface area contributed by atoms with Crippen molar-refractivity contribution in [2.24, 2.45) is 5.92 Å². The molecule has 0 unspecified atom stereocenters. The molecule has 0 saturated heterocycles. The van der Waals surface area contributed by atoms with E-state index < -0.39 is 0 Å². The first-order valence-corrected chi connectivity index (χ1v) is 6.21. The lowest BCUT2D eigenvalue weighted by molar-refractivity contribution is 0.101. The van der Waals surface area contributed by atoms with E-state index in [1.54, 1.807) is 5.38 Å². The number of hydrogen-bond donors (Lipinski definition) is 0. The summed E-state index contributed by atoms with van der Waals surface area (Å²) in [6.07, 6.45) is 0. The molecule has 1 heterocycles. The van der Waals surface area contributed by atoms with E-state index in [1.165, 1.54) is 11.3 Å². The first-order valence-electron chi connectivity index (χ1n) is 4.80. The summed E-state index contributed by atoms with van der Waals surface area (Å²) in [5.74, 6) is 0.458. The number of nitrogens with zero attached hydrogens (tertiary/aromatic N) is 2. The molecule has 0 fully saturated rings. The summed E-state index contributed by atoms with van der Waals surface area (Å²) in [6, 6.07) is 0. The molecule has 0 atom stereocenters. The molecule has 0 N–H and O–H groups in total. The predicted molar refractivity (Wildman–Crippen MR) is 65.3 cm³/mol. The van der Waals surface area contributed by atoms with Crippen LogP contribution in [0.3, 0.4) is 0 Å². The summed E-state index contributed by atoms with van der Waals surface area (Å²) in [4.78, 5) is 17.6. The van der Waals surface area contributed by atoms with Crippen LogP contribution in [0.1, 0.15) is 24.3 Å². The van der Waals surface area contributed by atoms with Gasteiger partial charge in [0.1, 0.15) is 5.69 Å². The SMILES string of the molecule is CC(C)CN(C)c1nc(C(=O)CCl)cs1. The van der Waals surface area contributed by atoms with Crippen molar-refractivity contribution in [3.63, 3.8) is 0 Å². The Hall–Kier alpha value is -0.610. The fourth-order valence-electron chi connectivity index (χ4n) is 1.26. The molecule has 5 heteroatoms. The molecule has 0 aliphatic heterocycles. The van der Waals surface area contributed by atoms with Crippen LogP contribution in [-0.2, 0) is 0 Å². The molecular weight excluding hydrogens is 232 g/mol. The number of anilines is 1. The van der Waals surface area contributed by atoms with Gasteiger partial charge in [-0.05, 0) is 5.92 Å².